The summed E-state index contributed by atoms with van der Waals surface area (Å²) >= 11 is 0. The zero-order valence-corrected chi connectivity index (χ0v) is 11.4. The minimum atomic E-state index is -1.16. The van der Waals surface area contributed by atoms with E-state index in [1.807, 2.05) is 0 Å². The predicted octanol–water partition coefficient (Wildman–Crippen LogP) is 0.801. The normalized spacial score (nSPS) is 13.0. The van der Waals surface area contributed by atoms with Crippen molar-refractivity contribution >= 4 is 17.8 Å². The van der Waals surface area contributed by atoms with Gasteiger partial charge in [0.05, 0.1) is 12.5 Å². The van der Waals surface area contributed by atoms with Gasteiger partial charge in [-0.1, -0.05) is 13.8 Å². The number of methoxy groups -OCH3 is 1. The van der Waals surface area contributed by atoms with Crippen LogP contribution in [0.2, 0.25) is 0 Å². The lowest BCUT2D eigenvalue weighted by Gasteiger charge is -2.23. The van der Waals surface area contributed by atoms with Crippen molar-refractivity contribution in [3.05, 3.63) is 0 Å². The molecular formula is C12H21NO5. The van der Waals surface area contributed by atoms with Crippen molar-refractivity contribution in [3.8, 4) is 0 Å². The van der Waals surface area contributed by atoms with E-state index in [2.05, 4.69) is 10.1 Å². The van der Waals surface area contributed by atoms with Crippen molar-refractivity contribution in [3.63, 3.8) is 0 Å². The summed E-state index contributed by atoms with van der Waals surface area (Å²) in [5.41, 5.74) is -1.16. The third kappa shape index (κ3) is 4.73. The molecule has 0 spiro atoms. The lowest BCUT2D eigenvalue weighted by atomic mass is 9.89. The Bertz CT molecular complexity index is 335. The van der Waals surface area contributed by atoms with E-state index in [9.17, 15) is 14.4 Å². The Morgan fingerprint density at radius 3 is 2.11 bits per heavy atom. The Labute approximate surface area is 107 Å². The summed E-state index contributed by atoms with van der Waals surface area (Å²) < 4.78 is 4.58. The minimum absolute atomic E-state index is 0.130. The maximum absolute atomic E-state index is 11.7. The number of carbonyl (C=O) groups is 3. The Kier molecular flexibility index (Phi) is 5.81. The van der Waals surface area contributed by atoms with Gasteiger partial charge in [-0.05, 0) is 19.8 Å². The molecule has 0 rings (SSSR count). The second-order valence-electron chi connectivity index (χ2n) is 5.18. The molecule has 0 aromatic carbocycles. The average Bonchev–Trinajstić information content (AvgIpc) is 2.23. The van der Waals surface area contributed by atoms with Gasteiger partial charge in [0, 0.05) is 6.42 Å². The summed E-state index contributed by atoms with van der Waals surface area (Å²) in [6.07, 6.45) is -0.192. The van der Waals surface area contributed by atoms with Crippen molar-refractivity contribution in [2.24, 2.45) is 11.3 Å². The number of carbonyl (C=O) groups excluding carboxylic acids is 2. The van der Waals surface area contributed by atoms with Gasteiger partial charge in [-0.25, -0.2) is 4.79 Å². The number of esters is 1. The molecule has 0 aliphatic heterocycles. The molecule has 0 heterocycles. The molecule has 0 aromatic rings. The highest BCUT2D eigenvalue weighted by atomic mass is 16.5. The summed E-state index contributed by atoms with van der Waals surface area (Å²) in [6.45, 7) is 6.45. The number of hydrogen-bond donors (Lipinski definition) is 2. The van der Waals surface area contributed by atoms with E-state index in [0.717, 1.165) is 0 Å². The maximum atomic E-state index is 11.7. The fourth-order valence-corrected chi connectivity index (χ4v) is 1.33. The Balaban J connectivity index is 4.63. The SMILES string of the molecule is COC(=O)C(NC(=O)CC(C)(C)C(=O)O)C(C)C. The molecule has 0 aromatic heterocycles. The lowest BCUT2D eigenvalue weighted by Crippen LogP contribution is -2.46. The van der Waals surface area contributed by atoms with Gasteiger partial charge >= 0.3 is 11.9 Å². The van der Waals surface area contributed by atoms with Crippen LogP contribution in [0.15, 0.2) is 0 Å². The Morgan fingerprint density at radius 1 is 1.28 bits per heavy atom. The van der Waals surface area contributed by atoms with Crippen LogP contribution < -0.4 is 5.32 Å². The highest BCUT2D eigenvalue weighted by Crippen LogP contribution is 2.20. The fourth-order valence-electron chi connectivity index (χ4n) is 1.33. The van der Waals surface area contributed by atoms with E-state index in [1.54, 1.807) is 13.8 Å². The number of nitrogens with one attached hydrogen (secondary N) is 1. The number of carboxylic acids is 1. The lowest BCUT2D eigenvalue weighted by molar-refractivity contribution is -0.150. The van der Waals surface area contributed by atoms with E-state index in [1.165, 1.54) is 21.0 Å². The first-order chi connectivity index (χ1) is 8.11. The zero-order chi connectivity index (χ0) is 14.5. The van der Waals surface area contributed by atoms with Crippen LogP contribution in [0, 0.1) is 11.3 Å². The first kappa shape index (κ1) is 16.4. The molecule has 0 fully saturated rings. The maximum Gasteiger partial charge on any atom is 0.328 e. The van der Waals surface area contributed by atoms with Gasteiger partial charge in [0.25, 0.3) is 0 Å². The molecule has 104 valence electrons. The highest BCUT2D eigenvalue weighted by molar-refractivity contribution is 5.88. The molecular weight excluding hydrogens is 238 g/mol. The van der Waals surface area contributed by atoms with Crippen molar-refractivity contribution < 1.29 is 24.2 Å². The van der Waals surface area contributed by atoms with Crippen LogP contribution in [0.1, 0.15) is 34.1 Å². The molecule has 1 atom stereocenters. The van der Waals surface area contributed by atoms with E-state index in [4.69, 9.17) is 5.11 Å². The predicted molar refractivity (Wildman–Crippen MR) is 64.8 cm³/mol. The van der Waals surface area contributed by atoms with Gasteiger partial charge in [-0.15, -0.1) is 0 Å². The quantitative estimate of drug-likeness (QED) is 0.688. The highest BCUT2D eigenvalue weighted by Gasteiger charge is 2.32. The van der Waals surface area contributed by atoms with Gasteiger partial charge in [-0.3, -0.25) is 9.59 Å². The van der Waals surface area contributed by atoms with Crippen LogP contribution in [-0.4, -0.2) is 36.1 Å². The monoisotopic (exact) mass is 259 g/mol. The first-order valence-corrected chi connectivity index (χ1v) is 5.72. The Morgan fingerprint density at radius 2 is 1.78 bits per heavy atom. The molecule has 0 radical (unpaired) electrons. The van der Waals surface area contributed by atoms with Crippen LogP contribution in [0.4, 0.5) is 0 Å². The van der Waals surface area contributed by atoms with Crippen LogP contribution in [0.5, 0.6) is 0 Å². The largest absolute Gasteiger partial charge is 0.481 e. The van der Waals surface area contributed by atoms with Gasteiger partial charge in [0.2, 0.25) is 5.91 Å². The van der Waals surface area contributed by atoms with Gasteiger partial charge < -0.3 is 15.2 Å². The number of carboxylic acid groups (broad SMARTS) is 1. The smallest absolute Gasteiger partial charge is 0.328 e. The molecule has 0 saturated carbocycles. The van der Waals surface area contributed by atoms with E-state index >= 15 is 0 Å². The topological polar surface area (TPSA) is 92.7 Å². The molecule has 1 unspecified atom stereocenters. The van der Waals surface area contributed by atoms with Crippen molar-refractivity contribution in [1.29, 1.82) is 0 Å². The van der Waals surface area contributed by atoms with E-state index < -0.39 is 29.3 Å². The molecule has 6 nitrogen and oxygen atoms in total. The minimum Gasteiger partial charge on any atom is -0.481 e. The van der Waals surface area contributed by atoms with Crippen LogP contribution >= 0.6 is 0 Å². The molecule has 2 N–H and O–H groups in total. The number of ether oxygens (including phenoxy) is 1. The first-order valence-electron chi connectivity index (χ1n) is 5.72. The van der Waals surface area contributed by atoms with Crippen molar-refractivity contribution in [2.45, 2.75) is 40.2 Å². The van der Waals surface area contributed by atoms with Crippen molar-refractivity contribution in [2.75, 3.05) is 7.11 Å². The third-order valence-corrected chi connectivity index (χ3v) is 2.62. The number of amides is 1. The average molecular weight is 259 g/mol. The standard InChI is InChI=1S/C12H21NO5/c1-7(2)9(10(15)18-5)13-8(14)6-12(3,4)11(16)17/h7,9H,6H2,1-5H3,(H,13,14)(H,16,17). The van der Waals surface area contributed by atoms with E-state index in [0.29, 0.717) is 0 Å². The summed E-state index contributed by atoms with van der Waals surface area (Å²) in [5.74, 6) is -2.20. The summed E-state index contributed by atoms with van der Waals surface area (Å²) in [7, 11) is 1.24. The number of rotatable bonds is 6. The molecule has 0 saturated heterocycles. The molecule has 6 heteroatoms. The zero-order valence-electron chi connectivity index (χ0n) is 11.4. The van der Waals surface area contributed by atoms with Crippen molar-refractivity contribution in [1.82, 2.24) is 5.32 Å². The molecule has 0 aliphatic rings. The summed E-state index contributed by atoms with van der Waals surface area (Å²) in [6, 6.07) is -0.757. The molecule has 18 heavy (non-hydrogen) atoms. The summed E-state index contributed by atoms with van der Waals surface area (Å²) in [4.78, 5) is 34.0. The number of aliphatic carboxylic acids is 1. The second-order valence-corrected chi connectivity index (χ2v) is 5.18. The molecule has 0 aliphatic carbocycles. The fraction of sp³-hybridized carbons (Fsp3) is 0.750. The van der Waals surface area contributed by atoms with Gasteiger partial charge in [0.1, 0.15) is 6.04 Å². The van der Waals surface area contributed by atoms with Gasteiger partial charge in [-0.2, -0.15) is 0 Å². The van der Waals surface area contributed by atoms with Crippen LogP contribution in [0.25, 0.3) is 0 Å². The molecule has 0 bridgehead atoms. The van der Waals surface area contributed by atoms with Crippen LogP contribution in [0.3, 0.4) is 0 Å². The summed E-state index contributed by atoms with van der Waals surface area (Å²) in [5, 5.41) is 11.4. The number of hydrogen-bond acceptors (Lipinski definition) is 4. The Hall–Kier alpha value is -1.59. The third-order valence-electron chi connectivity index (χ3n) is 2.62. The van der Waals surface area contributed by atoms with E-state index in [-0.39, 0.29) is 12.3 Å². The van der Waals surface area contributed by atoms with Gasteiger partial charge in [0.15, 0.2) is 0 Å². The van der Waals surface area contributed by atoms with Crippen LogP contribution in [-0.2, 0) is 19.1 Å². The second kappa shape index (κ2) is 6.37. The molecule has 1 amide bonds.